The summed E-state index contributed by atoms with van der Waals surface area (Å²) in [7, 11) is 0. The van der Waals surface area contributed by atoms with E-state index in [4.69, 9.17) is 4.74 Å². The standard InChI is InChI=1S/C15H28O2/c1-4-6-8-10-12-14(3)15(16)17-13-11-9-7-5-2/h4,14H,1,5-13H2,2-3H3. The Morgan fingerprint density at radius 2 is 2.00 bits per heavy atom. The molecule has 0 aromatic rings. The Labute approximate surface area is 106 Å². The average Bonchev–Trinajstić information content (AvgIpc) is 2.34. The first kappa shape index (κ1) is 16.2. The zero-order chi connectivity index (χ0) is 12.9. The van der Waals surface area contributed by atoms with Gasteiger partial charge in [0.15, 0.2) is 0 Å². The van der Waals surface area contributed by atoms with E-state index < -0.39 is 0 Å². The number of hydrogen-bond acceptors (Lipinski definition) is 2. The van der Waals surface area contributed by atoms with Crippen molar-refractivity contribution in [1.29, 1.82) is 0 Å². The normalized spacial score (nSPS) is 12.1. The minimum atomic E-state index is -0.0277. The molecule has 0 radical (unpaired) electrons. The molecule has 0 saturated carbocycles. The summed E-state index contributed by atoms with van der Waals surface area (Å²) in [5.41, 5.74) is 0. The number of rotatable bonds is 11. The second kappa shape index (κ2) is 11.7. The zero-order valence-electron chi connectivity index (χ0n) is 11.5. The Morgan fingerprint density at radius 3 is 2.65 bits per heavy atom. The second-order valence-corrected chi connectivity index (χ2v) is 4.70. The third kappa shape index (κ3) is 10.1. The Balaban J connectivity index is 3.43. The van der Waals surface area contributed by atoms with Gasteiger partial charge in [0.1, 0.15) is 0 Å². The second-order valence-electron chi connectivity index (χ2n) is 4.70. The van der Waals surface area contributed by atoms with Gasteiger partial charge in [-0.25, -0.2) is 0 Å². The van der Waals surface area contributed by atoms with Crippen LogP contribution in [0, 0.1) is 5.92 Å². The van der Waals surface area contributed by atoms with E-state index in [-0.39, 0.29) is 11.9 Å². The van der Waals surface area contributed by atoms with E-state index in [0.717, 1.165) is 38.5 Å². The summed E-state index contributed by atoms with van der Waals surface area (Å²) in [5, 5.41) is 0. The van der Waals surface area contributed by atoms with Crippen molar-refractivity contribution < 1.29 is 9.53 Å². The molecule has 1 unspecified atom stereocenters. The van der Waals surface area contributed by atoms with Crippen molar-refractivity contribution in [3.63, 3.8) is 0 Å². The molecule has 0 spiro atoms. The van der Waals surface area contributed by atoms with Crippen molar-refractivity contribution in [2.75, 3.05) is 6.61 Å². The van der Waals surface area contributed by atoms with Crippen molar-refractivity contribution in [2.45, 2.75) is 65.2 Å². The number of carbonyl (C=O) groups is 1. The molecule has 2 heteroatoms. The van der Waals surface area contributed by atoms with Crippen molar-refractivity contribution in [3.8, 4) is 0 Å². The van der Waals surface area contributed by atoms with Crippen molar-refractivity contribution in [2.24, 2.45) is 5.92 Å². The van der Waals surface area contributed by atoms with Crippen LogP contribution in [0.3, 0.4) is 0 Å². The third-order valence-electron chi connectivity index (χ3n) is 2.94. The quantitative estimate of drug-likeness (QED) is 0.302. The van der Waals surface area contributed by atoms with Gasteiger partial charge in [-0.2, -0.15) is 0 Å². The van der Waals surface area contributed by atoms with Gasteiger partial charge in [0.2, 0.25) is 0 Å². The van der Waals surface area contributed by atoms with E-state index in [2.05, 4.69) is 13.5 Å². The topological polar surface area (TPSA) is 26.3 Å². The maximum atomic E-state index is 11.6. The maximum absolute atomic E-state index is 11.6. The first-order valence-electron chi connectivity index (χ1n) is 6.99. The molecule has 0 aliphatic heterocycles. The highest BCUT2D eigenvalue weighted by Crippen LogP contribution is 2.11. The number of allylic oxidation sites excluding steroid dienone is 1. The molecule has 0 aliphatic rings. The van der Waals surface area contributed by atoms with E-state index in [0.29, 0.717) is 6.61 Å². The highest BCUT2D eigenvalue weighted by atomic mass is 16.5. The summed E-state index contributed by atoms with van der Waals surface area (Å²) >= 11 is 0. The van der Waals surface area contributed by atoms with Gasteiger partial charge in [-0.1, -0.05) is 45.6 Å². The van der Waals surface area contributed by atoms with Crippen LogP contribution >= 0.6 is 0 Å². The van der Waals surface area contributed by atoms with E-state index in [1.165, 1.54) is 12.8 Å². The Bertz CT molecular complexity index is 199. The molecule has 0 rings (SSSR count). The largest absolute Gasteiger partial charge is 0.465 e. The number of unbranched alkanes of at least 4 members (excludes halogenated alkanes) is 5. The molecule has 0 aromatic heterocycles. The predicted molar refractivity (Wildman–Crippen MR) is 72.9 cm³/mol. The molecule has 0 aromatic carbocycles. The van der Waals surface area contributed by atoms with Crippen molar-refractivity contribution in [3.05, 3.63) is 12.7 Å². The van der Waals surface area contributed by atoms with Crippen LogP contribution in [0.4, 0.5) is 0 Å². The molecule has 1 atom stereocenters. The smallest absolute Gasteiger partial charge is 0.308 e. The lowest BCUT2D eigenvalue weighted by molar-refractivity contribution is -0.148. The SMILES string of the molecule is C=CCCCCC(C)C(=O)OCCCCCC. The molecular formula is C15H28O2. The van der Waals surface area contributed by atoms with E-state index in [1.54, 1.807) is 0 Å². The van der Waals surface area contributed by atoms with Crippen LogP contribution in [0.2, 0.25) is 0 Å². The Morgan fingerprint density at radius 1 is 1.24 bits per heavy atom. The first-order valence-corrected chi connectivity index (χ1v) is 6.99. The van der Waals surface area contributed by atoms with Crippen LogP contribution in [0.5, 0.6) is 0 Å². The van der Waals surface area contributed by atoms with E-state index in [9.17, 15) is 4.79 Å². The summed E-state index contributed by atoms with van der Waals surface area (Å²) in [6.07, 6.45) is 10.7. The maximum Gasteiger partial charge on any atom is 0.308 e. The monoisotopic (exact) mass is 240 g/mol. The van der Waals surface area contributed by atoms with Gasteiger partial charge in [0.05, 0.1) is 12.5 Å². The fourth-order valence-electron chi connectivity index (χ4n) is 1.70. The lowest BCUT2D eigenvalue weighted by Gasteiger charge is -2.10. The zero-order valence-corrected chi connectivity index (χ0v) is 11.5. The van der Waals surface area contributed by atoms with Gasteiger partial charge in [-0.15, -0.1) is 6.58 Å². The summed E-state index contributed by atoms with van der Waals surface area (Å²) in [6.45, 7) is 8.42. The first-order chi connectivity index (χ1) is 8.22. The molecule has 0 heterocycles. The summed E-state index contributed by atoms with van der Waals surface area (Å²) in [6, 6.07) is 0. The number of carbonyl (C=O) groups excluding carboxylic acids is 1. The van der Waals surface area contributed by atoms with Crippen LogP contribution in [-0.4, -0.2) is 12.6 Å². The highest BCUT2D eigenvalue weighted by Gasteiger charge is 2.13. The minimum absolute atomic E-state index is 0.0277. The molecule has 0 bridgehead atoms. The molecule has 0 amide bonds. The van der Waals surface area contributed by atoms with Crippen LogP contribution < -0.4 is 0 Å². The van der Waals surface area contributed by atoms with Gasteiger partial charge >= 0.3 is 5.97 Å². The fraction of sp³-hybridized carbons (Fsp3) is 0.800. The molecule has 2 nitrogen and oxygen atoms in total. The number of esters is 1. The Kier molecular flexibility index (Phi) is 11.1. The van der Waals surface area contributed by atoms with Crippen LogP contribution in [0.1, 0.15) is 65.2 Å². The van der Waals surface area contributed by atoms with Gasteiger partial charge in [0, 0.05) is 0 Å². The molecule has 0 saturated heterocycles. The van der Waals surface area contributed by atoms with Crippen LogP contribution in [0.15, 0.2) is 12.7 Å². The lowest BCUT2D eigenvalue weighted by atomic mass is 10.0. The molecule has 100 valence electrons. The van der Waals surface area contributed by atoms with Crippen molar-refractivity contribution >= 4 is 5.97 Å². The predicted octanol–water partition coefficient (Wildman–Crippen LogP) is 4.49. The summed E-state index contributed by atoms with van der Waals surface area (Å²) in [5.74, 6) is 0.0195. The average molecular weight is 240 g/mol. The molecule has 17 heavy (non-hydrogen) atoms. The van der Waals surface area contributed by atoms with Crippen molar-refractivity contribution in [1.82, 2.24) is 0 Å². The number of ether oxygens (including phenoxy) is 1. The van der Waals surface area contributed by atoms with Crippen LogP contribution in [0.25, 0.3) is 0 Å². The lowest BCUT2D eigenvalue weighted by Crippen LogP contribution is -2.15. The molecule has 0 fully saturated rings. The minimum Gasteiger partial charge on any atom is -0.465 e. The van der Waals surface area contributed by atoms with Crippen LogP contribution in [-0.2, 0) is 9.53 Å². The summed E-state index contributed by atoms with van der Waals surface area (Å²) < 4.78 is 5.25. The Hall–Kier alpha value is -0.790. The summed E-state index contributed by atoms with van der Waals surface area (Å²) in [4.78, 5) is 11.6. The van der Waals surface area contributed by atoms with Gasteiger partial charge in [0.25, 0.3) is 0 Å². The van der Waals surface area contributed by atoms with Gasteiger partial charge < -0.3 is 4.74 Å². The van der Waals surface area contributed by atoms with Gasteiger partial charge in [-0.05, 0) is 25.7 Å². The number of hydrogen-bond donors (Lipinski definition) is 0. The highest BCUT2D eigenvalue weighted by molar-refractivity contribution is 5.71. The van der Waals surface area contributed by atoms with Gasteiger partial charge in [-0.3, -0.25) is 4.79 Å². The van der Waals surface area contributed by atoms with E-state index >= 15 is 0 Å². The molecular weight excluding hydrogens is 212 g/mol. The third-order valence-corrected chi connectivity index (χ3v) is 2.94. The molecule has 0 aliphatic carbocycles. The fourth-order valence-corrected chi connectivity index (χ4v) is 1.70. The molecule has 0 N–H and O–H groups in total. The van der Waals surface area contributed by atoms with E-state index in [1.807, 2.05) is 13.0 Å².